The molecule has 1 aliphatic rings. The van der Waals surface area contributed by atoms with Crippen LogP contribution in [0.1, 0.15) is 35.7 Å². The van der Waals surface area contributed by atoms with Gasteiger partial charge in [0.2, 0.25) is 0 Å². The Labute approximate surface area is 124 Å². The van der Waals surface area contributed by atoms with Crippen molar-refractivity contribution in [2.24, 2.45) is 0 Å². The van der Waals surface area contributed by atoms with Crippen molar-refractivity contribution in [2.45, 2.75) is 25.4 Å². The van der Waals surface area contributed by atoms with E-state index < -0.39 is 12.0 Å². The molecule has 1 N–H and O–H groups in total. The SMILES string of the molecule is CC(c1ccccc1)N1CCc2ccccc2C1C(=O)O. The molecule has 2 atom stereocenters. The van der Waals surface area contributed by atoms with Crippen molar-refractivity contribution in [1.82, 2.24) is 4.90 Å². The van der Waals surface area contributed by atoms with Gasteiger partial charge in [0.15, 0.2) is 0 Å². The Morgan fingerprint density at radius 2 is 1.81 bits per heavy atom. The highest BCUT2D eigenvalue weighted by Gasteiger charge is 2.35. The highest BCUT2D eigenvalue weighted by atomic mass is 16.4. The van der Waals surface area contributed by atoms with Crippen LogP contribution in [-0.4, -0.2) is 22.5 Å². The standard InChI is InChI=1S/C18H19NO2/c1-13(14-7-3-2-4-8-14)19-12-11-15-9-5-6-10-16(15)17(19)18(20)21/h2-10,13,17H,11-12H2,1H3,(H,20,21). The molecule has 3 heteroatoms. The number of hydrogen-bond acceptors (Lipinski definition) is 2. The molecule has 2 aromatic carbocycles. The molecule has 1 aliphatic heterocycles. The van der Waals surface area contributed by atoms with Crippen LogP contribution in [0.15, 0.2) is 54.6 Å². The topological polar surface area (TPSA) is 40.5 Å². The van der Waals surface area contributed by atoms with Gasteiger partial charge in [-0.2, -0.15) is 0 Å². The summed E-state index contributed by atoms with van der Waals surface area (Å²) in [7, 11) is 0. The summed E-state index contributed by atoms with van der Waals surface area (Å²) < 4.78 is 0. The lowest BCUT2D eigenvalue weighted by Gasteiger charge is -2.39. The van der Waals surface area contributed by atoms with Crippen LogP contribution in [0.3, 0.4) is 0 Å². The van der Waals surface area contributed by atoms with Gasteiger partial charge in [0.05, 0.1) is 0 Å². The molecule has 0 amide bonds. The first-order valence-electron chi connectivity index (χ1n) is 7.30. The summed E-state index contributed by atoms with van der Waals surface area (Å²) in [4.78, 5) is 13.9. The van der Waals surface area contributed by atoms with Gasteiger partial charge in [0.25, 0.3) is 0 Å². The monoisotopic (exact) mass is 281 g/mol. The van der Waals surface area contributed by atoms with Crippen LogP contribution in [0.2, 0.25) is 0 Å². The average Bonchev–Trinajstić information content (AvgIpc) is 2.53. The van der Waals surface area contributed by atoms with Crippen molar-refractivity contribution in [1.29, 1.82) is 0 Å². The lowest BCUT2D eigenvalue weighted by atomic mass is 9.90. The van der Waals surface area contributed by atoms with Crippen molar-refractivity contribution < 1.29 is 9.90 Å². The molecule has 0 aliphatic carbocycles. The molecule has 2 unspecified atom stereocenters. The summed E-state index contributed by atoms with van der Waals surface area (Å²) in [6.45, 7) is 2.85. The molecule has 0 saturated carbocycles. The molecule has 3 nitrogen and oxygen atoms in total. The summed E-state index contributed by atoms with van der Waals surface area (Å²) in [5, 5.41) is 9.71. The Hall–Kier alpha value is -2.13. The van der Waals surface area contributed by atoms with Crippen molar-refractivity contribution in [2.75, 3.05) is 6.54 Å². The maximum Gasteiger partial charge on any atom is 0.325 e. The number of fused-ring (bicyclic) bond motifs is 1. The zero-order chi connectivity index (χ0) is 14.8. The molecule has 108 valence electrons. The zero-order valence-corrected chi connectivity index (χ0v) is 12.1. The van der Waals surface area contributed by atoms with E-state index in [0.29, 0.717) is 0 Å². The third-order valence-corrected chi connectivity index (χ3v) is 4.33. The minimum atomic E-state index is -0.773. The van der Waals surface area contributed by atoms with Crippen LogP contribution >= 0.6 is 0 Å². The lowest BCUT2D eigenvalue weighted by Crippen LogP contribution is -2.41. The summed E-state index contributed by atoms with van der Waals surface area (Å²) in [5.74, 6) is -0.773. The molecular formula is C18H19NO2. The lowest BCUT2D eigenvalue weighted by molar-refractivity contribution is -0.145. The van der Waals surface area contributed by atoms with Crippen molar-refractivity contribution in [3.63, 3.8) is 0 Å². The van der Waals surface area contributed by atoms with Crippen LogP contribution in [0.4, 0.5) is 0 Å². The number of carboxylic acid groups (broad SMARTS) is 1. The normalized spacial score (nSPS) is 19.8. The number of aliphatic carboxylic acids is 1. The van der Waals surface area contributed by atoms with Gasteiger partial charge in [-0.15, -0.1) is 0 Å². The van der Waals surface area contributed by atoms with Crippen LogP contribution in [0.5, 0.6) is 0 Å². The van der Waals surface area contributed by atoms with E-state index in [0.717, 1.165) is 29.7 Å². The van der Waals surface area contributed by atoms with Crippen LogP contribution in [0.25, 0.3) is 0 Å². The van der Waals surface area contributed by atoms with Crippen molar-refractivity contribution in [3.05, 3.63) is 71.3 Å². The van der Waals surface area contributed by atoms with Gasteiger partial charge < -0.3 is 5.11 Å². The molecule has 1 heterocycles. The van der Waals surface area contributed by atoms with Gasteiger partial charge in [-0.25, -0.2) is 0 Å². The molecule has 21 heavy (non-hydrogen) atoms. The van der Waals surface area contributed by atoms with Gasteiger partial charge >= 0.3 is 5.97 Å². The van der Waals surface area contributed by atoms with E-state index in [2.05, 4.69) is 24.0 Å². The summed E-state index contributed by atoms with van der Waals surface area (Å²) in [6, 6.07) is 17.5. The minimum Gasteiger partial charge on any atom is -0.480 e. The van der Waals surface area contributed by atoms with Gasteiger partial charge in [0.1, 0.15) is 6.04 Å². The Morgan fingerprint density at radius 1 is 1.14 bits per heavy atom. The van der Waals surface area contributed by atoms with E-state index in [4.69, 9.17) is 0 Å². The summed E-state index contributed by atoms with van der Waals surface area (Å²) >= 11 is 0. The fourth-order valence-electron chi connectivity index (χ4n) is 3.20. The number of carboxylic acids is 1. The van der Waals surface area contributed by atoms with E-state index in [9.17, 15) is 9.90 Å². The van der Waals surface area contributed by atoms with Crippen molar-refractivity contribution >= 4 is 5.97 Å². The first-order valence-corrected chi connectivity index (χ1v) is 7.30. The molecule has 3 rings (SSSR count). The Morgan fingerprint density at radius 3 is 2.52 bits per heavy atom. The van der Waals surface area contributed by atoms with E-state index in [-0.39, 0.29) is 6.04 Å². The quantitative estimate of drug-likeness (QED) is 0.937. The van der Waals surface area contributed by atoms with Gasteiger partial charge in [-0.05, 0) is 30.0 Å². The van der Waals surface area contributed by atoms with Crippen LogP contribution < -0.4 is 0 Å². The zero-order valence-electron chi connectivity index (χ0n) is 12.1. The second-order valence-corrected chi connectivity index (χ2v) is 5.51. The van der Waals surface area contributed by atoms with Crippen LogP contribution in [0, 0.1) is 0 Å². The van der Waals surface area contributed by atoms with E-state index in [1.807, 2.05) is 42.5 Å². The third kappa shape index (κ3) is 2.57. The Balaban J connectivity index is 1.98. The first kappa shape index (κ1) is 13.8. The second kappa shape index (κ2) is 5.70. The molecule has 0 radical (unpaired) electrons. The fraction of sp³-hybridized carbons (Fsp3) is 0.278. The maximum atomic E-state index is 11.8. The third-order valence-electron chi connectivity index (χ3n) is 4.33. The number of hydrogen-bond donors (Lipinski definition) is 1. The number of nitrogens with zero attached hydrogens (tertiary/aromatic N) is 1. The van der Waals surface area contributed by atoms with Crippen molar-refractivity contribution in [3.8, 4) is 0 Å². The van der Waals surface area contributed by atoms with Gasteiger partial charge in [-0.1, -0.05) is 54.6 Å². The highest BCUT2D eigenvalue weighted by Crippen LogP contribution is 2.36. The predicted molar refractivity (Wildman–Crippen MR) is 82.1 cm³/mol. The Kier molecular flexibility index (Phi) is 3.76. The molecule has 0 fully saturated rings. The molecule has 2 aromatic rings. The molecule has 0 bridgehead atoms. The number of benzene rings is 2. The average molecular weight is 281 g/mol. The highest BCUT2D eigenvalue weighted by molar-refractivity contribution is 5.76. The molecular weight excluding hydrogens is 262 g/mol. The Bertz CT molecular complexity index is 639. The second-order valence-electron chi connectivity index (χ2n) is 5.51. The van der Waals surface area contributed by atoms with E-state index in [1.165, 1.54) is 0 Å². The van der Waals surface area contributed by atoms with Crippen LogP contribution in [-0.2, 0) is 11.2 Å². The summed E-state index contributed by atoms with van der Waals surface area (Å²) in [6.07, 6.45) is 0.900. The van der Waals surface area contributed by atoms with Gasteiger partial charge in [-0.3, -0.25) is 9.69 Å². The van der Waals surface area contributed by atoms with Gasteiger partial charge in [0, 0.05) is 12.6 Å². The van der Waals surface area contributed by atoms with E-state index in [1.54, 1.807) is 0 Å². The van der Waals surface area contributed by atoms with E-state index >= 15 is 0 Å². The smallest absolute Gasteiger partial charge is 0.325 e. The molecule has 0 spiro atoms. The fourth-order valence-corrected chi connectivity index (χ4v) is 3.20. The first-order chi connectivity index (χ1) is 10.2. The predicted octanol–water partition coefficient (Wildman–Crippen LogP) is 3.43. The molecule has 0 aromatic heterocycles. The number of rotatable bonds is 3. The summed E-state index contributed by atoms with van der Waals surface area (Å²) in [5.41, 5.74) is 3.24. The maximum absolute atomic E-state index is 11.8. The number of carbonyl (C=O) groups is 1. The minimum absolute atomic E-state index is 0.0839. The molecule has 0 saturated heterocycles. The largest absolute Gasteiger partial charge is 0.480 e.